The number of hydrogen-bond donors (Lipinski definition) is 3. The maximum Gasteiger partial charge on any atom is 0.255 e. The van der Waals surface area contributed by atoms with E-state index < -0.39 is 0 Å². The van der Waals surface area contributed by atoms with Gasteiger partial charge in [0.25, 0.3) is 5.91 Å². The van der Waals surface area contributed by atoms with E-state index in [0.717, 1.165) is 11.8 Å². The first kappa shape index (κ1) is 13.8. The zero-order valence-corrected chi connectivity index (χ0v) is 11.2. The van der Waals surface area contributed by atoms with Crippen molar-refractivity contribution in [2.75, 3.05) is 11.9 Å². The second kappa shape index (κ2) is 6.49. The Morgan fingerprint density at radius 3 is 2.82 bits per heavy atom. The highest BCUT2D eigenvalue weighted by Crippen LogP contribution is 2.27. The van der Waals surface area contributed by atoms with Crippen molar-refractivity contribution < 1.29 is 15.0 Å². The Hall–Kier alpha value is -1.23. The van der Waals surface area contributed by atoms with Gasteiger partial charge in [-0.2, -0.15) is 0 Å². The van der Waals surface area contributed by atoms with Crippen molar-refractivity contribution >= 4 is 21.8 Å². The van der Waals surface area contributed by atoms with Crippen LogP contribution in [0.15, 0.2) is 18.2 Å². The first-order chi connectivity index (χ1) is 8.06. The van der Waals surface area contributed by atoms with Crippen LogP contribution < -0.4 is 5.32 Å². The third-order valence-electron chi connectivity index (χ3n) is 2.47. The van der Waals surface area contributed by atoms with Gasteiger partial charge in [-0.25, -0.2) is 0 Å². The monoisotopic (exact) mass is 301 g/mol. The quantitative estimate of drug-likeness (QED) is 0.577. The molecular weight excluding hydrogens is 286 g/mol. The van der Waals surface area contributed by atoms with Gasteiger partial charge in [0, 0.05) is 11.9 Å². The topological polar surface area (TPSA) is 69.6 Å². The minimum atomic E-state index is -0.377. The van der Waals surface area contributed by atoms with E-state index >= 15 is 0 Å². The fraction of sp³-hybridized carbons (Fsp3) is 0.417. The van der Waals surface area contributed by atoms with Gasteiger partial charge in [0.15, 0.2) is 11.5 Å². The predicted molar refractivity (Wildman–Crippen MR) is 69.7 cm³/mol. The average molecular weight is 302 g/mol. The molecule has 4 nitrogen and oxygen atoms in total. The zero-order valence-electron chi connectivity index (χ0n) is 9.61. The van der Waals surface area contributed by atoms with Crippen LogP contribution in [0, 0.1) is 5.92 Å². The largest absolute Gasteiger partial charge is 0.504 e. The second-order valence-corrected chi connectivity index (χ2v) is 4.76. The number of phenols is 2. The Morgan fingerprint density at radius 2 is 2.18 bits per heavy atom. The van der Waals surface area contributed by atoms with Crippen LogP contribution in [0.5, 0.6) is 11.5 Å². The molecule has 0 saturated heterocycles. The van der Waals surface area contributed by atoms with Gasteiger partial charge in [0.05, 0.1) is 5.56 Å². The van der Waals surface area contributed by atoms with Crippen LogP contribution in [0.4, 0.5) is 0 Å². The third kappa shape index (κ3) is 3.93. The van der Waals surface area contributed by atoms with Gasteiger partial charge >= 0.3 is 0 Å². The molecule has 17 heavy (non-hydrogen) atoms. The molecule has 0 aliphatic rings. The lowest BCUT2D eigenvalue weighted by Gasteiger charge is -2.12. The Labute approximate surface area is 109 Å². The number of carbonyl (C=O) groups is 1. The average Bonchev–Trinajstić information content (AvgIpc) is 2.30. The van der Waals surface area contributed by atoms with Crippen molar-refractivity contribution in [2.45, 2.75) is 13.3 Å². The Morgan fingerprint density at radius 1 is 1.47 bits per heavy atom. The summed E-state index contributed by atoms with van der Waals surface area (Å²) in [6.07, 6.45) is 0.965. The number of hydrogen-bond acceptors (Lipinski definition) is 3. The number of para-hydroxylation sites is 1. The maximum absolute atomic E-state index is 11.7. The van der Waals surface area contributed by atoms with Gasteiger partial charge in [-0.05, 0) is 24.5 Å². The first-order valence-electron chi connectivity index (χ1n) is 5.41. The molecule has 0 radical (unpaired) electrons. The van der Waals surface area contributed by atoms with Gasteiger partial charge in [0.1, 0.15) is 0 Å². The lowest BCUT2D eigenvalue weighted by molar-refractivity contribution is 0.0944. The lowest BCUT2D eigenvalue weighted by atomic mass is 10.1. The first-order valence-corrected chi connectivity index (χ1v) is 6.53. The van der Waals surface area contributed by atoms with Crippen LogP contribution >= 0.6 is 15.9 Å². The van der Waals surface area contributed by atoms with Crippen LogP contribution in [-0.4, -0.2) is 28.0 Å². The van der Waals surface area contributed by atoms with Gasteiger partial charge in [-0.1, -0.05) is 28.9 Å². The van der Waals surface area contributed by atoms with Crippen molar-refractivity contribution in [3.63, 3.8) is 0 Å². The maximum atomic E-state index is 11.7. The molecule has 0 aliphatic carbocycles. The van der Waals surface area contributed by atoms with Crippen LogP contribution in [0.1, 0.15) is 23.7 Å². The second-order valence-electron chi connectivity index (χ2n) is 3.97. The Balaban J connectivity index is 2.61. The van der Waals surface area contributed by atoms with Gasteiger partial charge < -0.3 is 15.5 Å². The molecule has 1 amide bonds. The van der Waals surface area contributed by atoms with Gasteiger partial charge in [0.2, 0.25) is 0 Å². The molecule has 1 aromatic rings. The smallest absolute Gasteiger partial charge is 0.255 e. The van der Waals surface area contributed by atoms with Crippen molar-refractivity contribution in [2.24, 2.45) is 5.92 Å². The molecule has 3 N–H and O–H groups in total. The number of amides is 1. The fourth-order valence-electron chi connectivity index (χ4n) is 1.37. The summed E-state index contributed by atoms with van der Waals surface area (Å²) in [7, 11) is 0. The fourth-order valence-corrected chi connectivity index (χ4v) is 2.15. The summed E-state index contributed by atoms with van der Waals surface area (Å²) in [5, 5.41) is 22.4. The van der Waals surface area contributed by atoms with E-state index in [1.54, 1.807) is 0 Å². The lowest BCUT2D eigenvalue weighted by Crippen LogP contribution is -2.28. The molecule has 0 aromatic heterocycles. The molecule has 0 spiro atoms. The number of aromatic hydroxyl groups is 2. The normalized spacial score (nSPS) is 12.1. The molecule has 0 fully saturated rings. The number of nitrogens with one attached hydrogen (secondary N) is 1. The van der Waals surface area contributed by atoms with Crippen molar-refractivity contribution in [1.29, 1.82) is 0 Å². The number of benzene rings is 1. The van der Waals surface area contributed by atoms with E-state index in [9.17, 15) is 15.0 Å². The van der Waals surface area contributed by atoms with E-state index in [1.165, 1.54) is 18.2 Å². The summed E-state index contributed by atoms with van der Waals surface area (Å²) in [6, 6.07) is 4.32. The van der Waals surface area contributed by atoms with Gasteiger partial charge in [-0.3, -0.25) is 4.79 Å². The molecule has 0 heterocycles. The summed E-state index contributed by atoms with van der Waals surface area (Å²) in [5.41, 5.74) is 0.0936. The molecule has 0 bridgehead atoms. The van der Waals surface area contributed by atoms with E-state index in [4.69, 9.17) is 0 Å². The molecule has 0 aliphatic heterocycles. The van der Waals surface area contributed by atoms with Crippen molar-refractivity contribution in [3.8, 4) is 11.5 Å². The summed E-state index contributed by atoms with van der Waals surface area (Å²) < 4.78 is 0. The highest BCUT2D eigenvalue weighted by molar-refractivity contribution is 9.09. The number of phenolic OH excluding ortho intramolecular Hbond substituents is 2. The summed E-state index contributed by atoms with van der Waals surface area (Å²) in [5.74, 6) is -0.679. The van der Waals surface area contributed by atoms with Crippen molar-refractivity contribution in [3.05, 3.63) is 23.8 Å². The molecule has 5 heteroatoms. The number of alkyl halides is 1. The number of rotatable bonds is 5. The van der Waals surface area contributed by atoms with Crippen LogP contribution in [0.25, 0.3) is 0 Å². The van der Waals surface area contributed by atoms with Crippen LogP contribution in [-0.2, 0) is 0 Å². The minimum absolute atomic E-state index is 0.0936. The minimum Gasteiger partial charge on any atom is -0.504 e. The molecule has 1 unspecified atom stereocenters. The van der Waals surface area contributed by atoms with E-state index in [2.05, 4.69) is 21.2 Å². The molecular formula is C12H16BrNO3. The molecule has 94 valence electrons. The molecule has 0 saturated carbocycles. The summed E-state index contributed by atoms with van der Waals surface area (Å²) >= 11 is 3.34. The molecule has 1 aromatic carbocycles. The standard InChI is InChI=1S/C12H16BrNO3/c1-8(5-6-13)7-14-12(17)9-3-2-4-10(15)11(9)16/h2-4,8,15-16H,5-7H2,1H3,(H,14,17). The zero-order chi connectivity index (χ0) is 12.8. The Kier molecular flexibility index (Phi) is 5.28. The third-order valence-corrected chi connectivity index (χ3v) is 2.93. The highest BCUT2D eigenvalue weighted by Gasteiger charge is 2.14. The predicted octanol–water partition coefficient (Wildman–Crippen LogP) is 2.25. The van der Waals surface area contributed by atoms with E-state index in [0.29, 0.717) is 12.5 Å². The summed E-state index contributed by atoms with van der Waals surface area (Å²) in [6.45, 7) is 2.57. The van der Waals surface area contributed by atoms with Crippen LogP contribution in [0.3, 0.4) is 0 Å². The number of halogens is 1. The van der Waals surface area contributed by atoms with E-state index in [1.807, 2.05) is 6.92 Å². The van der Waals surface area contributed by atoms with Crippen LogP contribution in [0.2, 0.25) is 0 Å². The molecule has 1 rings (SSSR count). The van der Waals surface area contributed by atoms with E-state index in [-0.39, 0.29) is 23.0 Å². The molecule has 1 atom stereocenters. The Bertz CT molecular complexity index is 395. The summed E-state index contributed by atoms with van der Waals surface area (Å²) in [4.78, 5) is 11.7. The number of carbonyl (C=O) groups excluding carboxylic acids is 1. The van der Waals surface area contributed by atoms with Crippen molar-refractivity contribution in [1.82, 2.24) is 5.32 Å². The SMILES string of the molecule is CC(CCBr)CNC(=O)c1cccc(O)c1O. The highest BCUT2D eigenvalue weighted by atomic mass is 79.9. The van der Waals surface area contributed by atoms with Gasteiger partial charge in [-0.15, -0.1) is 0 Å².